The van der Waals surface area contributed by atoms with Crippen LogP contribution in [0.2, 0.25) is 0 Å². The molecule has 0 atom stereocenters. The minimum Gasteiger partial charge on any atom is -0.478 e. The van der Waals surface area contributed by atoms with Gasteiger partial charge in [-0.1, -0.05) is 22.0 Å². The number of nitrogens with zero attached hydrogens (tertiary/aromatic N) is 1. The molecule has 0 bridgehead atoms. The van der Waals surface area contributed by atoms with Crippen LogP contribution in [0, 0.1) is 0 Å². The quantitative estimate of drug-likeness (QED) is 0.645. The van der Waals surface area contributed by atoms with Crippen LogP contribution in [0.3, 0.4) is 0 Å². The van der Waals surface area contributed by atoms with E-state index in [1.807, 2.05) is 0 Å². The number of amides is 1. The summed E-state index contributed by atoms with van der Waals surface area (Å²) in [7, 11) is 1.70. The summed E-state index contributed by atoms with van der Waals surface area (Å²) in [6, 6.07) is 4.48. The van der Waals surface area contributed by atoms with E-state index in [1.54, 1.807) is 24.1 Å². The number of carbonyl (C=O) groups excluding carboxylic acids is 1. The third-order valence-electron chi connectivity index (χ3n) is 2.64. The van der Waals surface area contributed by atoms with Crippen molar-refractivity contribution in [3.63, 3.8) is 0 Å². The third-order valence-corrected chi connectivity index (χ3v) is 3.10. The highest BCUT2D eigenvalue weighted by atomic mass is 79.9. The third kappa shape index (κ3) is 4.52. The van der Waals surface area contributed by atoms with Gasteiger partial charge in [0.2, 0.25) is 0 Å². The minimum absolute atomic E-state index is 0.0946. The highest BCUT2D eigenvalue weighted by molar-refractivity contribution is 9.10. The molecule has 0 aromatic heterocycles. The van der Waals surface area contributed by atoms with Gasteiger partial charge >= 0.3 is 5.97 Å². The van der Waals surface area contributed by atoms with Crippen LogP contribution in [-0.4, -0.2) is 35.5 Å². The van der Waals surface area contributed by atoms with Crippen molar-refractivity contribution < 1.29 is 14.7 Å². The molecule has 0 saturated heterocycles. The Balaban J connectivity index is 2.86. The van der Waals surface area contributed by atoms with E-state index in [0.29, 0.717) is 16.6 Å². The van der Waals surface area contributed by atoms with Crippen LogP contribution >= 0.6 is 15.9 Å². The van der Waals surface area contributed by atoms with Crippen LogP contribution in [0.15, 0.2) is 35.3 Å². The van der Waals surface area contributed by atoms with Crippen molar-refractivity contribution in [1.82, 2.24) is 4.90 Å². The standard InChI is InChI=1S/C14H16BrNO3/c1-3-4-5-6-16(2)13(17)10-7-11(14(18)19)9-12(15)8-10/h3,7-9H,1,4-6H2,2H3,(H,18,19). The fourth-order valence-electron chi connectivity index (χ4n) is 1.63. The molecule has 0 unspecified atom stereocenters. The lowest BCUT2D eigenvalue weighted by atomic mass is 10.1. The van der Waals surface area contributed by atoms with Gasteiger partial charge in [-0.25, -0.2) is 4.79 Å². The van der Waals surface area contributed by atoms with E-state index >= 15 is 0 Å². The number of hydrogen-bond acceptors (Lipinski definition) is 2. The number of rotatable bonds is 6. The maximum atomic E-state index is 12.2. The number of aromatic carboxylic acids is 1. The molecule has 0 aliphatic rings. The molecule has 4 nitrogen and oxygen atoms in total. The van der Waals surface area contributed by atoms with Gasteiger partial charge in [-0.2, -0.15) is 0 Å². The smallest absolute Gasteiger partial charge is 0.335 e. The van der Waals surface area contributed by atoms with Gasteiger partial charge in [0, 0.05) is 23.6 Å². The van der Waals surface area contributed by atoms with Crippen molar-refractivity contribution in [2.24, 2.45) is 0 Å². The number of carboxylic acid groups (broad SMARTS) is 1. The molecule has 102 valence electrons. The summed E-state index contributed by atoms with van der Waals surface area (Å²) in [5, 5.41) is 8.97. The highest BCUT2D eigenvalue weighted by Crippen LogP contribution is 2.17. The molecule has 1 aromatic carbocycles. The summed E-state index contributed by atoms with van der Waals surface area (Å²) in [6.45, 7) is 4.24. The number of benzene rings is 1. The average Bonchev–Trinajstić information content (AvgIpc) is 2.37. The number of unbranched alkanes of at least 4 members (excludes halogenated alkanes) is 1. The van der Waals surface area contributed by atoms with E-state index in [2.05, 4.69) is 22.5 Å². The van der Waals surface area contributed by atoms with E-state index in [0.717, 1.165) is 12.8 Å². The largest absolute Gasteiger partial charge is 0.478 e. The number of hydrogen-bond donors (Lipinski definition) is 1. The molecular weight excluding hydrogens is 310 g/mol. The highest BCUT2D eigenvalue weighted by Gasteiger charge is 2.14. The zero-order valence-corrected chi connectivity index (χ0v) is 12.3. The fourth-order valence-corrected chi connectivity index (χ4v) is 2.12. The Hall–Kier alpha value is -1.62. The van der Waals surface area contributed by atoms with Gasteiger partial charge in [-0.3, -0.25) is 4.79 Å². The molecule has 0 fully saturated rings. The van der Waals surface area contributed by atoms with Gasteiger partial charge < -0.3 is 10.0 Å². The molecule has 0 heterocycles. The van der Waals surface area contributed by atoms with E-state index < -0.39 is 5.97 Å². The SMILES string of the molecule is C=CCCCN(C)C(=O)c1cc(Br)cc(C(=O)O)c1. The van der Waals surface area contributed by atoms with Crippen LogP contribution in [0.25, 0.3) is 0 Å². The first-order valence-corrected chi connectivity index (χ1v) is 6.65. The molecule has 0 spiro atoms. The second-order valence-corrected chi connectivity index (χ2v) is 5.11. The van der Waals surface area contributed by atoms with Crippen LogP contribution in [-0.2, 0) is 0 Å². The number of halogens is 1. The van der Waals surface area contributed by atoms with Gasteiger partial charge in [0.25, 0.3) is 5.91 Å². The number of carbonyl (C=O) groups is 2. The molecular formula is C14H16BrNO3. The molecule has 0 aliphatic carbocycles. The van der Waals surface area contributed by atoms with Gasteiger partial charge in [0.05, 0.1) is 5.56 Å². The van der Waals surface area contributed by atoms with Crippen molar-refractivity contribution in [3.8, 4) is 0 Å². The number of carboxylic acids is 1. The Labute approximate surface area is 120 Å². The summed E-state index contributed by atoms with van der Waals surface area (Å²) >= 11 is 3.22. The predicted octanol–water partition coefficient (Wildman–Crippen LogP) is 3.19. The van der Waals surface area contributed by atoms with Crippen LogP contribution < -0.4 is 0 Å². The van der Waals surface area contributed by atoms with Crippen LogP contribution in [0.5, 0.6) is 0 Å². The maximum absolute atomic E-state index is 12.2. The summed E-state index contributed by atoms with van der Waals surface area (Å²) < 4.78 is 0.579. The lowest BCUT2D eigenvalue weighted by Gasteiger charge is -2.17. The maximum Gasteiger partial charge on any atom is 0.335 e. The van der Waals surface area contributed by atoms with Gasteiger partial charge in [-0.05, 0) is 31.0 Å². The first-order valence-electron chi connectivity index (χ1n) is 5.86. The lowest BCUT2D eigenvalue weighted by molar-refractivity contribution is 0.0697. The van der Waals surface area contributed by atoms with Gasteiger partial charge in [0.1, 0.15) is 0 Å². The molecule has 0 aliphatic heterocycles. The molecule has 0 radical (unpaired) electrons. The second kappa shape index (κ2) is 7.09. The van der Waals surface area contributed by atoms with Crippen molar-refractivity contribution in [1.29, 1.82) is 0 Å². The summed E-state index contributed by atoms with van der Waals surface area (Å²) in [5.41, 5.74) is 0.463. The number of allylic oxidation sites excluding steroid dienone is 1. The molecule has 0 saturated carbocycles. The van der Waals surface area contributed by atoms with E-state index in [4.69, 9.17) is 5.11 Å². The molecule has 1 aromatic rings. The Kier molecular flexibility index (Phi) is 5.76. The van der Waals surface area contributed by atoms with Crippen molar-refractivity contribution in [2.75, 3.05) is 13.6 Å². The predicted molar refractivity (Wildman–Crippen MR) is 77.5 cm³/mol. The van der Waals surface area contributed by atoms with E-state index in [9.17, 15) is 9.59 Å². The molecule has 19 heavy (non-hydrogen) atoms. The topological polar surface area (TPSA) is 57.6 Å². The summed E-state index contributed by atoms with van der Waals surface area (Å²) in [5.74, 6) is -1.24. The monoisotopic (exact) mass is 325 g/mol. The van der Waals surface area contributed by atoms with E-state index in [1.165, 1.54) is 12.1 Å². The average molecular weight is 326 g/mol. The lowest BCUT2D eigenvalue weighted by Crippen LogP contribution is -2.27. The van der Waals surface area contributed by atoms with Crippen molar-refractivity contribution >= 4 is 27.8 Å². The normalized spacial score (nSPS) is 10.0. The zero-order chi connectivity index (χ0) is 14.4. The Morgan fingerprint density at radius 2 is 2.00 bits per heavy atom. The first-order chi connectivity index (χ1) is 8.95. The molecule has 1 N–H and O–H groups in total. The van der Waals surface area contributed by atoms with Crippen molar-refractivity contribution in [2.45, 2.75) is 12.8 Å². The van der Waals surface area contributed by atoms with E-state index in [-0.39, 0.29) is 11.5 Å². The van der Waals surface area contributed by atoms with Gasteiger partial charge in [-0.15, -0.1) is 6.58 Å². The van der Waals surface area contributed by atoms with Crippen molar-refractivity contribution in [3.05, 3.63) is 46.5 Å². The second-order valence-electron chi connectivity index (χ2n) is 4.19. The van der Waals surface area contributed by atoms with Crippen LogP contribution in [0.4, 0.5) is 0 Å². The molecule has 1 rings (SSSR count). The Morgan fingerprint density at radius 3 is 2.58 bits per heavy atom. The Bertz CT molecular complexity index is 499. The Morgan fingerprint density at radius 1 is 1.37 bits per heavy atom. The first kappa shape index (κ1) is 15.4. The summed E-state index contributed by atoms with van der Waals surface area (Å²) in [6.07, 6.45) is 3.49. The molecule has 5 heteroatoms. The molecule has 1 amide bonds. The fraction of sp³-hybridized carbons (Fsp3) is 0.286. The van der Waals surface area contributed by atoms with Gasteiger partial charge in [0.15, 0.2) is 0 Å². The van der Waals surface area contributed by atoms with Crippen LogP contribution in [0.1, 0.15) is 33.6 Å². The zero-order valence-electron chi connectivity index (χ0n) is 10.7. The summed E-state index contributed by atoms with van der Waals surface area (Å²) in [4.78, 5) is 24.7. The minimum atomic E-state index is -1.05.